The van der Waals surface area contributed by atoms with Crippen molar-refractivity contribution in [1.82, 2.24) is 0 Å². The van der Waals surface area contributed by atoms with Gasteiger partial charge in [-0.1, -0.05) is 30.3 Å². The summed E-state index contributed by atoms with van der Waals surface area (Å²) in [5.41, 5.74) is 1.43. The number of benzene rings is 2. The van der Waals surface area contributed by atoms with Gasteiger partial charge in [0.05, 0.1) is 26.9 Å². The van der Waals surface area contributed by atoms with Crippen molar-refractivity contribution >= 4 is 0 Å². The van der Waals surface area contributed by atoms with E-state index in [2.05, 4.69) is 0 Å². The molecule has 1 aliphatic rings. The van der Waals surface area contributed by atoms with Gasteiger partial charge in [-0.2, -0.15) is 0 Å². The second-order valence-corrected chi connectivity index (χ2v) is 5.30. The molecule has 1 aliphatic heterocycles. The minimum atomic E-state index is -0.432. The zero-order valence-electron chi connectivity index (χ0n) is 12.9. The number of halogens is 1. The van der Waals surface area contributed by atoms with Gasteiger partial charge in [-0.25, -0.2) is 4.39 Å². The van der Waals surface area contributed by atoms with Crippen LogP contribution in [-0.4, -0.2) is 26.4 Å². The van der Waals surface area contributed by atoms with Crippen LogP contribution in [0.15, 0.2) is 48.5 Å². The van der Waals surface area contributed by atoms with Gasteiger partial charge in [-0.3, -0.25) is 0 Å². The molecule has 2 aromatic carbocycles. The summed E-state index contributed by atoms with van der Waals surface area (Å²) < 4.78 is 35.8. The molecule has 0 bridgehead atoms. The van der Waals surface area contributed by atoms with Crippen LogP contribution in [0.5, 0.6) is 5.75 Å². The molecule has 1 saturated heterocycles. The molecule has 23 heavy (non-hydrogen) atoms. The van der Waals surface area contributed by atoms with Crippen LogP contribution in [0.3, 0.4) is 0 Å². The lowest BCUT2D eigenvalue weighted by molar-refractivity contribution is -0.232. The first-order valence-corrected chi connectivity index (χ1v) is 7.48. The van der Waals surface area contributed by atoms with Gasteiger partial charge in [0.15, 0.2) is 6.29 Å². The Balaban J connectivity index is 1.51. The zero-order valence-corrected chi connectivity index (χ0v) is 12.9. The van der Waals surface area contributed by atoms with Crippen LogP contribution in [0.4, 0.5) is 4.39 Å². The monoisotopic (exact) mass is 318 g/mol. The summed E-state index contributed by atoms with van der Waals surface area (Å²) in [6.45, 7) is 1.00. The SMILES string of the molecule is COc1cccc([C@H]2OC[C@@H](OCc3ccccc3F)CO2)c1. The second-order valence-electron chi connectivity index (χ2n) is 5.30. The van der Waals surface area contributed by atoms with Gasteiger partial charge in [0.2, 0.25) is 0 Å². The fourth-order valence-electron chi connectivity index (χ4n) is 2.39. The van der Waals surface area contributed by atoms with E-state index < -0.39 is 6.29 Å². The van der Waals surface area contributed by atoms with Gasteiger partial charge < -0.3 is 18.9 Å². The Morgan fingerprint density at radius 3 is 2.61 bits per heavy atom. The van der Waals surface area contributed by atoms with Gasteiger partial charge in [0.1, 0.15) is 17.7 Å². The van der Waals surface area contributed by atoms with E-state index >= 15 is 0 Å². The minimum Gasteiger partial charge on any atom is -0.497 e. The van der Waals surface area contributed by atoms with Crippen molar-refractivity contribution in [1.29, 1.82) is 0 Å². The van der Waals surface area contributed by atoms with Crippen LogP contribution in [0, 0.1) is 5.82 Å². The lowest BCUT2D eigenvalue weighted by atomic mass is 10.2. The third-order valence-corrected chi connectivity index (χ3v) is 3.67. The van der Waals surface area contributed by atoms with E-state index in [-0.39, 0.29) is 18.5 Å². The zero-order chi connectivity index (χ0) is 16.1. The molecule has 0 amide bonds. The normalized spacial score (nSPS) is 21.1. The van der Waals surface area contributed by atoms with Gasteiger partial charge in [-0.15, -0.1) is 0 Å². The van der Waals surface area contributed by atoms with Crippen LogP contribution in [-0.2, 0) is 20.8 Å². The summed E-state index contributed by atoms with van der Waals surface area (Å²) >= 11 is 0. The average Bonchev–Trinajstić information content (AvgIpc) is 2.61. The van der Waals surface area contributed by atoms with Crippen LogP contribution in [0.1, 0.15) is 17.4 Å². The van der Waals surface area contributed by atoms with Gasteiger partial charge in [-0.05, 0) is 18.2 Å². The number of ether oxygens (including phenoxy) is 4. The topological polar surface area (TPSA) is 36.9 Å². The Morgan fingerprint density at radius 2 is 1.87 bits per heavy atom. The molecule has 0 unspecified atom stereocenters. The Bertz CT molecular complexity index is 638. The summed E-state index contributed by atoms with van der Waals surface area (Å²) in [5, 5.41) is 0. The first-order chi connectivity index (χ1) is 11.3. The van der Waals surface area contributed by atoms with E-state index in [4.69, 9.17) is 18.9 Å². The summed E-state index contributed by atoms with van der Waals surface area (Å²) in [7, 11) is 1.62. The smallest absolute Gasteiger partial charge is 0.184 e. The van der Waals surface area contributed by atoms with Gasteiger partial charge >= 0.3 is 0 Å². The lowest BCUT2D eigenvalue weighted by Crippen LogP contribution is -2.33. The molecule has 0 atom stereocenters. The largest absolute Gasteiger partial charge is 0.497 e. The highest BCUT2D eigenvalue weighted by atomic mass is 19.1. The molecule has 0 aliphatic carbocycles. The molecule has 0 spiro atoms. The van der Waals surface area contributed by atoms with Crippen LogP contribution < -0.4 is 4.74 Å². The van der Waals surface area contributed by atoms with Gasteiger partial charge in [0, 0.05) is 11.1 Å². The fraction of sp³-hybridized carbons (Fsp3) is 0.333. The van der Waals surface area contributed by atoms with Crippen LogP contribution in [0.25, 0.3) is 0 Å². The Labute approximate surface area is 134 Å². The van der Waals surface area contributed by atoms with E-state index in [1.807, 2.05) is 24.3 Å². The van der Waals surface area contributed by atoms with E-state index in [9.17, 15) is 4.39 Å². The molecule has 3 rings (SSSR count). The minimum absolute atomic E-state index is 0.202. The highest BCUT2D eigenvalue weighted by Crippen LogP contribution is 2.26. The van der Waals surface area contributed by atoms with Crippen LogP contribution in [0.2, 0.25) is 0 Å². The molecule has 122 valence electrons. The van der Waals surface area contributed by atoms with Crippen molar-refractivity contribution in [2.45, 2.75) is 19.0 Å². The van der Waals surface area contributed by atoms with Gasteiger partial charge in [0.25, 0.3) is 0 Å². The first-order valence-electron chi connectivity index (χ1n) is 7.48. The van der Waals surface area contributed by atoms with E-state index in [0.29, 0.717) is 18.8 Å². The van der Waals surface area contributed by atoms with Crippen molar-refractivity contribution in [3.05, 3.63) is 65.5 Å². The third kappa shape index (κ3) is 4.07. The van der Waals surface area contributed by atoms with Crippen LogP contribution >= 0.6 is 0 Å². The summed E-state index contributed by atoms with van der Waals surface area (Å²) in [6.07, 6.45) is -0.644. The Hall–Kier alpha value is -1.95. The van der Waals surface area contributed by atoms with E-state index in [1.54, 1.807) is 25.3 Å². The molecular weight excluding hydrogens is 299 g/mol. The third-order valence-electron chi connectivity index (χ3n) is 3.67. The van der Waals surface area contributed by atoms with Crippen molar-refractivity contribution in [3.63, 3.8) is 0 Å². The predicted octanol–water partition coefficient (Wildman–Crippen LogP) is 3.47. The standard InChI is InChI=1S/C18H19FO4/c1-20-15-7-4-6-13(9-15)18-22-11-16(12-23-18)21-10-14-5-2-3-8-17(14)19/h2-9,16,18H,10-12H2,1H3/t16-,18+. The molecular formula is C18H19FO4. The average molecular weight is 318 g/mol. The summed E-state index contributed by atoms with van der Waals surface area (Å²) in [6, 6.07) is 14.1. The maximum atomic E-state index is 13.5. The molecule has 1 heterocycles. The Kier molecular flexibility index (Phi) is 5.23. The quantitative estimate of drug-likeness (QED) is 0.846. The second kappa shape index (κ2) is 7.55. The highest BCUT2D eigenvalue weighted by molar-refractivity contribution is 5.29. The summed E-state index contributed by atoms with van der Waals surface area (Å²) in [5.74, 6) is 0.493. The molecule has 0 radical (unpaired) electrons. The summed E-state index contributed by atoms with van der Waals surface area (Å²) in [4.78, 5) is 0. The highest BCUT2D eigenvalue weighted by Gasteiger charge is 2.24. The molecule has 5 heteroatoms. The molecule has 0 N–H and O–H groups in total. The number of methoxy groups -OCH3 is 1. The maximum Gasteiger partial charge on any atom is 0.184 e. The first kappa shape index (κ1) is 15.9. The molecule has 1 fully saturated rings. The number of hydrogen-bond donors (Lipinski definition) is 0. The van der Waals surface area contributed by atoms with E-state index in [0.717, 1.165) is 11.3 Å². The van der Waals surface area contributed by atoms with E-state index in [1.165, 1.54) is 6.07 Å². The predicted molar refractivity (Wildman–Crippen MR) is 82.6 cm³/mol. The molecule has 0 saturated carbocycles. The fourth-order valence-corrected chi connectivity index (χ4v) is 2.39. The number of hydrogen-bond acceptors (Lipinski definition) is 4. The van der Waals surface area contributed by atoms with Crippen molar-refractivity contribution in [2.75, 3.05) is 20.3 Å². The molecule has 0 aromatic heterocycles. The maximum absolute atomic E-state index is 13.5. The molecule has 2 aromatic rings. The number of rotatable bonds is 5. The van der Waals surface area contributed by atoms with Crippen molar-refractivity contribution in [3.8, 4) is 5.75 Å². The molecule has 4 nitrogen and oxygen atoms in total. The Morgan fingerprint density at radius 1 is 1.09 bits per heavy atom. The van der Waals surface area contributed by atoms with Crippen molar-refractivity contribution in [2.24, 2.45) is 0 Å². The van der Waals surface area contributed by atoms with Crippen molar-refractivity contribution < 1.29 is 23.3 Å². The lowest BCUT2D eigenvalue weighted by Gasteiger charge is -2.29.